The quantitative estimate of drug-likeness (QED) is 0.884. The Morgan fingerprint density at radius 3 is 3.04 bits per heavy atom. The van der Waals surface area contributed by atoms with Crippen LogP contribution >= 0.6 is 12.4 Å². The number of nitrogens with zero attached hydrogens (tertiary/aromatic N) is 3. The Kier molecular flexibility index (Phi) is 6.39. The predicted octanol–water partition coefficient (Wildman–Crippen LogP) is 2.27. The number of amides is 1. The van der Waals surface area contributed by atoms with Crippen LogP contribution in [0.25, 0.3) is 11.6 Å². The highest BCUT2D eigenvalue weighted by Gasteiger charge is 2.28. The largest absolute Gasteiger partial charge is 0.461 e. The van der Waals surface area contributed by atoms with E-state index in [4.69, 9.17) is 14.7 Å². The van der Waals surface area contributed by atoms with Crippen molar-refractivity contribution in [3.8, 4) is 11.6 Å². The molecule has 0 aliphatic carbocycles. The molecule has 2 aromatic heterocycles. The van der Waals surface area contributed by atoms with Crippen molar-refractivity contribution in [2.45, 2.75) is 38.6 Å². The van der Waals surface area contributed by atoms with Crippen molar-refractivity contribution in [3.63, 3.8) is 0 Å². The van der Waals surface area contributed by atoms with E-state index < -0.39 is 0 Å². The number of likely N-dealkylation sites (tertiary alicyclic amines) is 1. The molecule has 2 unspecified atom stereocenters. The van der Waals surface area contributed by atoms with E-state index in [1.807, 2.05) is 4.90 Å². The summed E-state index contributed by atoms with van der Waals surface area (Å²) < 4.78 is 10.4. The van der Waals surface area contributed by atoms with Crippen LogP contribution in [0.1, 0.15) is 32.1 Å². The van der Waals surface area contributed by atoms with E-state index in [0.29, 0.717) is 42.8 Å². The Labute approximate surface area is 147 Å². The van der Waals surface area contributed by atoms with Gasteiger partial charge >= 0.3 is 0 Å². The van der Waals surface area contributed by atoms with Crippen LogP contribution < -0.4 is 5.73 Å². The smallest absolute Gasteiger partial charge is 0.238 e. The van der Waals surface area contributed by atoms with Crippen molar-refractivity contribution in [1.82, 2.24) is 15.0 Å². The Morgan fingerprint density at radius 1 is 1.50 bits per heavy atom. The van der Waals surface area contributed by atoms with Crippen molar-refractivity contribution in [1.29, 1.82) is 0 Å². The molecule has 2 N–H and O–H groups in total. The normalized spacial score (nSPS) is 20.7. The number of carbonyl (C=O) groups is 1. The molecule has 1 amide bonds. The molecule has 1 saturated heterocycles. The van der Waals surface area contributed by atoms with Gasteiger partial charge < -0.3 is 19.6 Å². The molecule has 1 fully saturated rings. The van der Waals surface area contributed by atoms with Crippen LogP contribution in [-0.2, 0) is 11.2 Å². The zero-order valence-electron chi connectivity index (χ0n) is 13.7. The molecule has 8 heteroatoms. The van der Waals surface area contributed by atoms with E-state index in [1.165, 1.54) is 0 Å². The van der Waals surface area contributed by atoms with Gasteiger partial charge in [-0.1, -0.05) is 12.1 Å². The van der Waals surface area contributed by atoms with Gasteiger partial charge in [0.2, 0.25) is 17.6 Å². The van der Waals surface area contributed by atoms with Gasteiger partial charge in [-0.2, -0.15) is 4.98 Å². The minimum atomic E-state index is 0. The fourth-order valence-corrected chi connectivity index (χ4v) is 3.02. The van der Waals surface area contributed by atoms with Crippen LogP contribution in [0.5, 0.6) is 0 Å². The molecule has 132 valence electrons. The summed E-state index contributed by atoms with van der Waals surface area (Å²) in [4.78, 5) is 18.6. The molecule has 2 aromatic rings. The molecular weight excluding hydrogens is 332 g/mol. The molecule has 0 spiro atoms. The summed E-state index contributed by atoms with van der Waals surface area (Å²) >= 11 is 0. The number of carbonyl (C=O) groups excluding carboxylic acids is 1. The van der Waals surface area contributed by atoms with Gasteiger partial charge in [0, 0.05) is 32.0 Å². The van der Waals surface area contributed by atoms with Crippen molar-refractivity contribution >= 4 is 18.3 Å². The summed E-state index contributed by atoms with van der Waals surface area (Å²) in [6.07, 6.45) is 4.34. The predicted molar refractivity (Wildman–Crippen MR) is 90.5 cm³/mol. The van der Waals surface area contributed by atoms with Crippen LogP contribution in [0.2, 0.25) is 0 Å². The van der Waals surface area contributed by atoms with Gasteiger partial charge in [0.15, 0.2) is 5.76 Å². The first-order valence-electron chi connectivity index (χ1n) is 8.03. The number of halogens is 1. The standard InChI is InChI=1S/C16H22N4O3.ClH/c1-11-6-7-20(12(9-11)10-17)15(21)5-4-14-18-16(19-23-14)13-3-2-8-22-13;/h2-3,8,11-12H,4-7,9-10,17H2,1H3;1H. The first kappa shape index (κ1) is 18.5. The monoisotopic (exact) mass is 354 g/mol. The van der Waals surface area contributed by atoms with E-state index in [0.717, 1.165) is 19.4 Å². The lowest BCUT2D eigenvalue weighted by atomic mass is 9.92. The second-order valence-corrected chi connectivity index (χ2v) is 6.10. The molecule has 2 atom stereocenters. The Morgan fingerprint density at radius 2 is 2.33 bits per heavy atom. The van der Waals surface area contributed by atoms with E-state index >= 15 is 0 Å². The SMILES string of the molecule is CC1CCN(C(=O)CCc2nc(-c3ccco3)no2)C(CN)C1.Cl. The molecule has 1 aliphatic rings. The molecule has 3 rings (SSSR count). The number of piperidine rings is 1. The van der Waals surface area contributed by atoms with Crippen molar-refractivity contribution in [2.24, 2.45) is 11.7 Å². The molecule has 24 heavy (non-hydrogen) atoms. The molecule has 0 saturated carbocycles. The number of hydrogen-bond donors (Lipinski definition) is 1. The minimum Gasteiger partial charge on any atom is -0.461 e. The van der Waals surface area contributed by atoms with Gasteiger partial charge in [-0.15, -0.1) is 12.4 Å². The highest BCUT2D eigenvalue weighted by atomic mass is 35.5. The first-order valence-corrected chi connectivity index (χ1v) is 8.03. The van der Waals surface area contributed by atoms with E-state index in [9.17, 15) is 4.79 Å². The lowest BCUT2D eigenvalue weighted by Gasteiger charge is -2.38. The van der Waals surface area contributed by atoms with E-state index in [-0.39, 0.29) is 24.4 Å². The third kappa shape index (κ3) is 4.15. The summed E-state index contributed by atoms with van der Waals surface area (Å²) in [5, 5.41) is 3.87. The van der Waals surface area contributed by atoms with Crippen LogP contribution in [0, 0.1) is 5.92 Å². The maximum absolute atomic E-state index is 12.4. The maximum atomic E-state index is 12.4. The number of rotatable bonds is 5. The lowest BCUT2D eigenvalue weighted by Crippen LogP contribution is -2.49. The molecule has 7 nitrogen and oxygen atoms in total. The molecular formula is C16H23ClN4O3. The number of aryl methyl sites for hydroxylation is 1. The summed E-state index contributed by atoms with van der Waals surface area (Å²) in [5.41, 5.74) is 5.81. The number of furan rings is 1. The van der Waals surface area contributed by atoms with Crippen molar-refractivity contribution in [2.75, 3.05) is 13.1 Å². The first-order chi connectivity index (χ1) is 11.2. The second-order valence-electron chi connectivity index (χ2n) is 6.10. The van der Waals surface area contributed by atoms with Crippen molar-refractivity contribution < 1.29 is 13.7 Å². The zero-order chi connectivity index (χ0) is 16.2. The summed E-state index contributed by atoms with van der Waals surface area (Å²) in [7, 11) is 0. The van der Waals surface area contributed by atoms with Crippen LogP contribution in [0.15, 0.2) is 27.3 Å². The summed E-state index contributed by atoms with van der Waals surface area (Å²) in [6, 6.07) is 3.67. The Balaban J connectivity index is 0.00000208. The van der Waals surface area contributed by atoms with Gasteiger partial charge in [0.05, 0.1) is 6.26 Å². The van der Waals surface area contributed by atoms with Gasteiger partial charge in [0.25, 0.3) is 0 Å². The summed E-state index contributed by atoms with van der Waals surface area (Å²) in [5.74, 6) is 2.13. The Bertz CT molecular complexity index is 644. The second kappa shape index (κ2) is 8.30. The van der Waals surface area contributed by atoms with Gasteiger partial charge in [-0.05, 0) is 30.9 Å². The van der Waals surface area contributed by atoms with Crippen LogP contribution in [0.3, 0.4) is 0 Å². The molecule has 0 radical (unpaired) electrons. The average molecular weight is 355 g/mol. The van der Waals surface area contributed by atoms with Gasteiger partial charge in [-0.3, -0.25) is 4.79 Å². The zero-order valence-corrected chi connectivity index (χ0v) is 14.5. The average Bonchev–Trinajstić information content (AvgIpc) is 3.23. The van der Waals surface area contributed by atoms with Crippen LogP contribution in [0.4, 0.5) is 0 Å². The molecule has 1 aliphatic heterocycles. The number of nitrogens with two attached hydrogens (primary N) is 1. The molecule has 3 heterocycles. The fraction of sp³-hybridized carbons (Fsp3) is 0.562. The van der Waals surface area contributed by atoms with Crippen LogP contribution in [-0.4, -0.2) is 40.1 Å². The minimum absolute atomic E-state index is 0. The summed E-state index contributed by atoms with van der Waals surface area (Å²) in [6.45, 7) is 3.50. The maximum Gasteiger partial charge on any atom is 0.238 e. The highest BCUT2D eigenvalue weighted by molar-refractivity contribution is 5.85. The molecule has 0 aromatic carbocycles. The number of aromatic nitrogens is 2. The fourth-order valence-electron chi connectivity index (χ4n) is 3.02. The lowest BCUT2D eigenvalue weighted by molar-refractivity contribution is -0.135. The third-order valence-electron chi connectivity index (χ3n) is 4.33. The van der Waals surface area contributed by atoms with Gasteiger partial charge in [0.1, 0.15) is 0 Å². The topological polar surface area (TPSA) is 98.4 Å². The van der Waals surface area contributed by atoms with E-state index in [2.05, 4.69) is 17.1 Å². The Hall–Kier alpha value is -1.86. The molecule has 0 bridgehead atoms. The third-order valence-corrected chi connectivity index (χ3v) is 4.33. The highest BCUT2D eigenvalue weighted by Crippen LogP contribution is 2.23. The van der Waals surface area contributed by atoms with Gasteiger partial charge in [-0.25, -0.2) is 0 Å². The number of hydrogen-bond acceptors (Lipinski definition) is 6. The van der Waals surface area contributed by atoms with Crippen molar-refractivity contribution in [3.05, 3.63) is 24.3 Å². The van der Waals surface area contributed by atoms with E-state index in [1.54, 1.807) is 18.4 Å².